The van der Waals surface area contributed by atoms with Crippen LogP contribution in [0.4, 0.5) is 0 Å². The van der Waals surface area contributed by atoms with E-state index < -0.39 is 5.91 Å². The van der Waals surface area contributed by atoms with E-state index in [1.54, 1.807) is 11.8 Å². The molecule has 0 aromatic heterocycles. The van der Waals surface area contributed by atoms with Crippen LogP contribution in [-0.4, -0.2) is 18.4 Å². The third-order valence-corrected chi connectivity index (χ3v) is 2.48. The number of carbonyl (C=O) groups excluding carboxylic acids is 2. The molecule has 1 N–H and O–H groups in total. The van der Waals surface area contributed by atoms with Crippen LogP contribution in [0.3, 0.4) is 0 Å². The Kier molecular flexibility index (Phi) is 4.19. The Hall–Kier alpha value is -1.29. The first-order chi connectivity index (χ1) is 6.76. The molecule has 0 fully saturated rings. The van der Waals surface area contributed by atoms with Gasteiger partial charge in [-0.15, -0.1) is 11.8 Å². The zero-order chi connectivity index (χ0) is 10.4. The Balaban J connectivity index is 2.51. The molecule has 3 nitrogen and oxygen atoms in total. The van der Waals surface area contributed by atoms with E-state index in [0.29, 0.717) is 6.54 Å². The van der Waals surface area contributed by atoms with E-state index in [2.05, 4.69) is 5.32 Å². The van der Waals surface area contributed by atoms with Gasteiger partial charge in [-0.3, -0.25) is 9.59 Å². The predicted molar refractivity (Wildman–Crippen MR) is 56.1 cm³/mol. The molecule has 0 saturated heterocycles. The second kappa shape index (κ2) is 5.44. The van der Waals surface area contributed by atoms with Crippen molar-refractivity contribution >= 4 is 24.0 Å². The number of rotatable bonds is 4. The molecule has 4 heteroatoms. The Labute approximate surface area is 86.9 Å². The highest BCUT2D eigenvalue weighted by molar-refractivity contribution is 7.98. The molecule has 0 radical (unpaired) electrons. The van der Waals surface area contributed by atoms with Crippen LogP contribution < -0.4 is 5.32 Å². The highest BCUT2D eigenvalue weighted by Crippen LogP contribution is 2.14. The largest absolute Gasteiger partial charge is 0.346 e. The van der Waals surface area contributed by atoms with Gasteiger partial charge in [0.05, 0.1) is 0 Å². The summed E-state index contributed by atoms with van der Waals surface area (Å²) in [5.41, 5.74) is 0.984. The Morgan fingerprint density at radius 1 is 1.43 bits per heavy atom. The first-order valence-electron chi connectivity index (χ1n) is 4.12. The lowest BCUT2D eigenvalue weighted by molar-refractivity contribution is -0.131. The zero-order valence-corrected chi connectivity index (χ0v) is 8.64. The fraction of sp³-hybridized carbons (Fsp3) is 0.200. The molecule has 0 aliphatic rings. The molecule has 0 atom stereocenters. The molecule has 1 rings (SSSR count). The average Bonchev–Trinajstić information content (AvgIpc) is 2.26. The first kappa shape index (κ1) is 10.8. The minimum absolute atomic E-state index is 0.274. The van der Waals surface area contributed by atoms with E-state index in [1.165, 1.54) is 4.90 Å². The molecule has 0 bridgehead atoms. The summed E-state index contributed by atoms with van der Waals surface area (Å²) in [6.07, 6.45) is 2.28. The topological polar surface area (TPSA) is 46.2 Å². The van der Waals surface area contributed by atoms with Crippen LogP contribution in [-0.2, 0) is 16.1 Å². The Morgan fingerprint density at radius 3 is 2.57 bits per heavy atom. The van der Waals surface area contributed by atoms with Gasteiger partial charge in [0.15, 0.2) is 0 Å². The summed E-state index contributed by atoms with van der Waals surface area (Å²) < 4.78 is 0. The molecule has 1 amide bonds. The highest BCUT2D eigenvalue weighted by Gasteiger charge is 1.97. The number of hydrogen-bond acceptors (Lipinski definition) is 3. The van der Waals surface area contributed by atoms with E-state index in [0.717, 1.165) is 5.56 Å². The average molecular weight is 209 g/mol. The molecule has 0 spiro atoms. The maximum Gasteiger partial charge on any atom is 0.284 e. The fourth-order valence-electron chi connectivity index (χ4n) is 0.974. The maximum absolute atomic E-state index is 10.6. The van der Waals surface area contributed by atoms with Gasteiger partial charge in [0.25, 0.3) is 5.91 Å². The second-order valence-corrected chi connectivity index (χ2v) is 3.56. The lowest BCUT2D eigenvalue weighted by Crippen LogP contribution is -2.23. The standard InChI is InChI=1S/C10H11NO2S/c1-14-9-4-2-8(3-5-9)6-11-10(13)7-12/h2-5,7H,6H2,1H3,(H,11,13). The molecule has 0 unspecified atom stereocenters. The number of thioether (sulfide) groups is 1. The van der Waals surface area contributed by atoms with Crippen LogP contribution in [0.25, 0.3) is 0 Å². The third-order valence-electron chi connectivity index (χ3n) is 1.73. The van der Waals surface area contributed by atoms with E-state index in [1.807, 2.05) is 30.5 Å². The number of nitrogens with one attached hydrogen (secondary N) is 1. The van der Waals surface area contributed by atoms with Crippen molar-refractivity contribution in [2.24, 2.45) is 0 Å². The molecule has 0 saturated carbocycles. The normalized spacial score (nSPS) is 9.50. The van der Waals surface area contributed by atoms with E-state index in [-0.39, 0.29) is 6.29 Å². The van der Waals surface area contributed by atoms with Crippen molar-refractivity contribution in [1.82, 2.24) is 5.32 Å². The van der Waals surface area contributed by atoms with Gasteiger partial charge in [0.2, 0.25) is 6.29 Å². The van der Waals surface area contributed by atoms with Crippen molar-refractivity contribution < 1.29 is 9.59 Å². The highest BCUT2D eigenvalue weighted by atomic mass is 32.2. The summed E-state index contributed by atoms with van der Waals surface area (Å²) in [6, 6.07) is 7.81. The monoisotopic (exact) mass is 209 g/mol. The summed E-state index contributed by atoms with van der Waals surface area (Å²) in [5.74, 6) is -0.584. The summed E-state index contributed by atoms with van der Waals surface area (Å²) in [6.45, 7) is 0.395. The van der Waals surface area contributed by atoms with Gasteiger partial charge in [0.1, 0.15) is 0 Å². The fourth-order valence-corrected chi connectivity index (χ4v) is 1.38. The van der Waals surface area contributed by atoms with Gasteiger partial charge in [0, 0.05) is 11.4 Å². The van der Waals surface area contributed by atoms with Gasteiger partial charge in [-0.25, -0.2) is 0 Å². The maximum atomic E-state index is 10.6. The quantitative estimate of drug-likeness (QED) is 0.461. The minimum atomic E-state index is -0.584. The van der Waals surface area contributed by atoms with E-state index in [4.69, 9.17) is 0 Å². The molecule has 74 valence electrons. The van der Waals surface area contributed by atoms with Crippen LogP contribution in [0.2, 0.25) is 0 Å². The molecule has 1 aromatic rings. The number of aldehydes is 1. The molecule has 0 aliphatic carbocycles. The summed E-state index contributed by atoms with van der Waals surface area (Å²) in [5, 5.41) is 2.47. The summed E-state index contributed by atoms with van der Waals surface area (Å²) >= 11 is 1.66. The van der Waals surface area contributed by atoms with Crippen molar-refractivity contribution in [2.45, 2.75) is 11.4 Å². The predicted octanol–water partition coefficient (Wildman–Crippen LogP) is 1.22. The third kappa shape index (κ3) is 3.22. The number of amides is 1. The van der Waals surface area contributed by atoms with Crippen molar-refractivity contribution in [3.8, 4) is 0 Å². The lowest BCUT2D eigenvalue weighted by atomic mass is 10.2. The van der Waals surface area contributed by atoms with Crippen molar-refractivity contribution in [3.05, 3.63) is 29.8 Å². The SMILES string of the molecule is CSc1ccc(CNC(=O)C=O)cc1. The van der Waals surface area contributed by atoms with Crippen LogP contribution in [0, 0.1) is 0 Å². The Morgan fingerprint density at radius 2 is 2.07 bits per heavy atom. The van der Waals surface area contributed by atoms with Crippen molar-refractivity contribution in [3.63, 3.8) is 0 Å². The molecular weight excluding hydrogens is 198 g/mol. The first-order valence-corrected chi connectivity index (χ1v) is 5.34. The van der Waals surface area contributed by atoms with Crippen molar-refractivity contribution in [2.75, 3.05) is 6.26 Å². The van der Waals surface area contributed by atoms with Crippen LogP contribution in [0.1, 0.15) is 5.56 Å². The van der Waals surface area contributed by atoms with Crippen LogP contribution >= 0.6 is 11.8 Å². The molecule has 1 aromatic carbocycles. The smallest absolute Gasteiger partial charge is 0.284 e. The zero-order valence-electron chi connectivity index (χ0n) is 7.82. The lowest BCUT2D eigenvalue weighted by Gasteiger charge is -2.02. The molecular formula is C10H11NO2S. The van der Waals surface area contributed by atoms with Gasteiger partial charge < -0.3 is 5.32 Å². The summed E-state index contributed by atoms with van der Waals surface area (Å²) in [4.78, 5) is 21.8. The molecule has 0 aliphatic heterocycles. The molecule has 14 heavy (non-hydrogen) atoms. The number of carbonyl (C=O) groups is 2. The second-order valence-electron chi connectivity index (χ2n) is 2.68. The number of benzene rings is 1. The van der Waals surface area contributed by atoms with Crippen LogP contribution in [0.5, 0.6) is 0 Å². The van der Waals surface area contributed by atoms with E-state index >= 15 is 0 Å². The van der Waals surface area contributed by atoms with Gasteiger partial charge in [-0.2, -0.15) is 0 Å². The minimum Gasteiger partial charge on any atom is -0.346 e. The Bertz CT molecular complexity index is 321. The van der Waals surface area contributed by atoms with Gasteiger partial charge >= 0.3 is 0 Å². The number of hydrogen-bond donors (Lipinski definition) is 1. The van der Waals surface area contributed by atoms with Crippen LogP contribution in [0.15, 0.2) is 29.2 Å². The molecule has 0 heterocycles. The van der Waals surface area contributed by atoms with Gasteiger partial charge in [-0.1, -0.05) is 12.1 Å². The van der Waals surface area contributed by atoms with Gasteiger partial charge in [-0.05, 0) is 24.0 Å². The van der Waals surface area contributed by atoms with Crippen molar-refractivity contribution in [1.29, 1.82) is 0 Å². The van der Waals surface area contributed by atoms with E-state index in [9.17, 15) is 9.59 Å². The summed E-state index contributed by atoms with van der Waals surface area (Å²) in [7, 11) is 0.